The lowest BCUT2D eigenvalue weighted by molar-refractivity contribution is 0.395. The van der Waals surface area contributed by atoms with Crippen molar-refractivity contribution < 1.29 is 13.9 Å². The van der Waals surface area contributed by atoms with Gasteiger partial charge >= 0.3 is 0 Å². The molecule has 7 nitrogen and oxygen atoms in total. The van der Waals surface area contributed by atoms with E-state index < -0.39 is 0 Å². The molecule has 2 aromatic heterocycles. The Morgan fingerprint density at radius 1 is 0.966 bits per heavy atom. The van der Waals surface area contributed by atoms with E-state index in [1.807, 2.05) is 48.5 Å². The lowest BCUT2D eigenvalue weighted by Crippen LogP contribution is -2.19. The van der Waals surface area contributed by atoms with Gasteiger partial charge < -0.3 is 24.5 Å². The molecule has 0 aliphatic heterocycles. The molecule has 0 unspecified atom stereocenters. The maximum atomic E-state index is 5.84. The second kappa shape index (κ2) is 8.15. The third-order valence-corrected chi connectivity index (χ3v) is 4.38. The molecule has 0 atom stereocenters. The molecule has 0 amide bonds. The van der Waals surface area contributed by atoms with Crippen molar-refractivity contribution in [3.8, 4) is 23.0 Å². The molecule has 2 heterocycles. The molecular weight excluding hydrogens is 388 g/mol. The van der Waals surface area contributed by atoms with Gasteiger partial charge in [0.05, 0.1) is 25.5 Å². The van der Waals surface area contributed by atoms with E-state index in [1.165, 1.54) is 0 Å². The summed E-state index contributed by atoms with van der Waals surface area (Å²) in [5, 5.41) is 6.74. The van der Waals surface area contributed by atoms with Crippen LogP contribution in [0.3, 0.4) is 0 Å². The molecule has 0 aliphatic rings. The normalized spacial score (nSPS) is 10.6. The van der Waals surface area contributed by atoms with Crippen LogP contribution in [0.15, 0.2) is 65.2 Å². The SMILES string of the molecule is COc1cc(NC(=S)Nc2ccccc2-c2nc3ncccc3o2)cc(OC)c1. The second-order valence-corrected chi connectivity index (χ2v) is 6.48. The van der Waals surface area contributed by atoms with Gasteiger partial charge in [-0.15, -0.1) is 0 Å². The Kier molecular flexibility index (Phi) is 5.26. The minimum absolute atomic E-state index is 0.405. The maximum absolute atomic E-state index is 5.84. The number of ether oxygens (including phenoxy) is 2. The lowest BCUT2D eigenvalue weighted by Gasteiger charge is -2.14. The van der Waals surface area contributed by atoms with Gasteiger partial charge in [-0.25, -0.2) is 4.98 Å². The van der Waals surface area contributed by atoms with Crippen LogP contribution < -0.4 is 20.1 Å². The summed E-state index contributed by atoms with van der Waals surface area (Å²) >= 11 is 5.48. The van der Waals surface area contributed by atoms with Crippen LogP contribution >= 0.6 is 12.2 Å². The Labute approximate surface area is 172 Å². The number of fused-ring (bicyclic) bond motifs is 1. The minimum Gasteiger partial charge on any atom is -0.497 e. The molecule has 0 radical (unpaired) electrons. The molecule has 29 heavy (non-hydrogen) atoms. The van der Waals surface area contributed by atoms with Crippen LogP contribution in [0.4, 0.5) is 11.4 Å². The van der Waals surface area contributed by atoms with Crippen molar-refractivity contribution in [3.05, 3.63) is 60.8 Å². The largest absolute Gasteiger partial charge is 0.497 e. The summed E-state index contributed by atoms with van der Waals surface area (Å²) in [5.74, 6) is 1.79. The monoisotopic (exact) mass is 406 g/mol. The van der Waals surface area contributed by atoms with Gasteiger partial charge in [0.2, 0.25) is 5.89 Å². The zero-order chi connectivity index (χ0) is 20.2. The number of benzene rings is 2. The van der Waals surface area contributed by atoms with Gasteiger partial charge in [-0.2, -0.15) is 4.98 Å². The average Bonchev–Trinajstić information content (AvgIpc) is 3.17. The van der Waals surface area contributed by atoms with Crippen LogP contribution in [0.25, 0.3) is 22.7 Å². The van der Waals surface area contributed by atoms with Crippen molar-refractivity contribution in [1.82, 2.24) is 9.97 Å². The van der Waals surface area contributed by atoms with Crippen LogP contribution in [0, 0.1) is 0 Å². The smallest absolute Gasteiger partial charge is 0.230 e. The van der Waals surface area contributed by atoms with E-state index in [9.17, 15) is 0 Å². The van der Waals surface area contributed by atoms with Gasteiger partial charge in [0.15, 0.2) is 16.3 Å². The van der Waals surface area contributed by atoms with E-state index in [-0.39, 0.29) is 0 Å². The number of thiocarbonyl (C=S) groups is 1. The number of aromatic nitrogens is 2. The Balaban J connectivity index is 1.58. The van der Waals surface area contributed by atoms with Crippen LogP contribution in [0.2, 0.25) is 0 Å². The third kappa shape index (κ3) is 4.12. The van der Waals surface area contributed by atoms with E-state index >= 15 is 0 Å². The second-order valence-electron chi connectivity index (χ2n) is 6.07. The van der Waals surface area contributed by atoms with Crippen molar-refractivity contribution in [2.45, 2.75) is 0 Å². The van der Waals surface area contributed by atoms with Crippen LogP contribution in [0.5, 0.6) is 11.5 Å². The van der Waals surface area contributed by atoms with Gasteiger partial charge in [-0.3, -0.25) is 0 Å². The summed E-state index contributed by atoms with van der Waals surface area (Å²) in [4.78, 5) is 8.69. The van der Waals surface area contributed by atoms with Crippen LogP contribution in [-0.4, -0.2) is 29.3 Å². The highest BCUT2D eigenvalue weighted by atomic mass is 32.1. The maximum Gasteiger partial charge on any atom is 0.230 e. The fourth-order valence-corrected chi connectivity index (χ4v) is 3.05. The number of nitrogens with one attached hydrogen (secondary N) is 2. The van der Waals surface area contributed by atoms with E-state index in [4.69, 9.17) is 26.1 Å². The summed E-state index contributed by atoms with van der Waals surface area (Å²) < 4.78 is 16.4. The molecule has 0 bridgehead atoms. The first-order valence-electron chi connectivity index (χ1n) is 8.78. The summed E-state index contributed by atoms with van der Waals surface area (Å²) in [6.45, 7) is 0. The van der Waals surface area contributed by atoms with Gasteiger partial charge in [-0.1, -0.05) is 12.1 Å². The van der Waals surface area contributed by atoms with Crippen LogP contribution in [-0.2, 0) is 0 Å². The fourth-order valence-electron chi connectivity index (χ4n) is 2.83. The number of pyridine rings is 1. The number of methoxy groups -OCH3 is 2. The number of anilines is 2. The van der Waals surface area contributed by atoms with Crippen molar-refractivity contribution in [2.75, 3.05) is 24.9 Å². The molecule has 4 rings (SSSR count). The number of hydrogen-bond acceptors (Lipinski definition) is 6. The van der Waals surface area contributed by atoms with Gasteiger partial charge in [0, 0.05) is 30.1 Å². The molecule has 4 aromatic rings. The standard InChI is InChI=1S/C21H18N4O3S/c1-26-14-10-13(11-15(12-14)27-2)23-21(29)24-17-7-4-3-6-16(17)20-25-19-18(28-20)8-5-9-22-19/h3-12H,1-2H3,(H2,23,24,29). The molecule has 8 heteroatoms. The van der Waals surface area contributed by atoms with Crippen molar-refractivity contribution in [3.63, 3.8) is 0 Å². The summed E-state index contributed by atoms with van der Waals surface area (Å²) in [6, 6.07) is 16.7. The number of nitrogens with zero attached hydrogens (tertiary/aromatic N) is 2. The zero-order valence-corrected chi connectivity index (χ0v) is 16.6. The first-order valence-corrected chi connectivity index (χ1v) is 9.19. The summed E-state index contributed by atoms with van der Waals surface area (Å²) in [6.07, 6.45) is 1.68. The third-order valence-electron chi connectivity index (χ3n) is 4.18. The van der Waals surface area contributed by atoms with Gasteiger partial charge in [0.25, 0.3) is 0 Å². The minimum atomic E-state index is 0.405. The Morgan fingerprint density at radius 2 is 1.72 bits per heavy atom. The Bertz CT molecular complexity index is 1120. The van der Waals surface area contributed by atoms with Crippen molar-refractivity contribution in [1.29, 1.82) is 0 Å². The highest BCUT2D eigenvalue weighted by Crippen LogP contribution is 2.30. The molecular formula is C21H18N4O3S. The molecule has 0 aliphatic carbocycles. The lowest BCUT2D eigenvalue weighted by atomic mass is 10.2. The van der Waals surface area contributed by atoms with E-state index in [0.29, 0.717) is 33.7 Å². The van der Waals surface area contributed by atoms with Gasteiger partial charge in [-0.05, 0) is 36.5 Å². The molecule has 0 fully saturated rings. The molecule has 0 saturated heterocycles. The van der Waals surface area contributed by atoms with Crippen molar-refractivity contribution >= 4 is 39.9 Å². The molecule has 2 N–H and O–H groups in total. The van der Waals surface area contributed by atoms with E-state index in [0.717, 1.165) is 16.9 Å². The number of hydrogen-bond donors (Lipinski definition) is 2. The Hall–Kier alpha value is -3.65. The summed E-state index contributed by atoms with van der Waals surface area (Å²) in [7, 11) is 3.20. The van der Waals surface area contributed by atoms with Crippen molar-refractivity contribution in [2.24, 2.45) is 0 Å². The predicted molar refractivity (Wildman–Crippen MR) is 117 cm³/mol. The number of para-hydroxylation sites is 1. The van der Waals surface area contributed by atoms with E-state index in [1.54, 1.807) is 26.5 Å². The highest BCUT2D eigenvalue weighted by Gasteiger charge is 2.13. The Morgan fingerprint density at radius 3 is 2.45 bits per heavy atom. The number of oxazole rings is 1. The van der Waals surface area contributed by atoms with E-state index in [2.05, 4.69) is 20.6 Å². The molecule has 2 aromatic carbocycles. The quantitative estimate of drug-likeness (QED) is 0.461. The first-order chi connectivity index (χ1) is 14.2. The fraction of sp³-hybridized carbons (Fsp3) is 0.0952. The van der Waals surface area contributed by atoms with Crippen LogP contribution in [0.1, 0.15) is 0 Å². The molecule has 0 spiro atoms. The summed E-state index contributed by atoms with van der Waals surface area (Å²) in [5.41, 5.74) is 3.45. The zero-order valence-electron chi connectivity index (χ0n) is 15.8. The topological polar surface area (TPSA) is 81.4 Å². The highest BCUT2D eigenvalue weighted by molar-refractivity contribution is 7.80. The molecule has 0 saturated carbocycles. The first kappa shape index (κ1) is 18.7. The average molecular weight is 406 g/mol. The predicted octanol–water partition coefficient (Wildman–Crippen LogP) is 4.72. The van der Waals surface area contributed by atoms with Gasteiger partial charge in [0.1, 0.15) is 11.5 Å². The molecule has 146 valence electrons. The number of rotatable bonds is 5.